The van der Waals surface area contributed by atoms with Gasteiger partial charge in [0.25, 0.3) is 0 Å². The van der Waals surface area contributed by atoms with Crippen LogP contribution in [0.4, 0.5) is 0 Å². The normalized spacial score (nSPS) is 11.1. The second kappa shape index (κ2) is 2.70. The van der Waals surface area contributed by atoms with Crippen molar-refractivity contribution in [3.05, 3.63) is 22.7 Å². The number of hydrogen-bond donors (Lipinski definition) is 0. The summed E-state index contributed by atoms with van der Waals surface area (Å²) >= 11 is 6.02. The highest BCUT2D eigenvalue weighted by Gasteiger charge is 2.09. The lowest BCUT2D eigenvalue weighted by Gasteiger charge is -1.98. The zero-order valence-corrected chi connectivity index (χ0v) is 8.55. The van der Waals surface area contributed by atoms with Gasteiger partial charge in [-0.15, -0.1) is 0 Å². The van der Waals surface area contributed by atoms with Crippen LogP contribution in [0, 0.1) is 13.8 Å². The largest absolute Gasteiger partial charge is 0.335 e. The standard InChI is InChI=1S/C9H10ClN3/c1-5-4-13(3)9-7(5)8(10)11-6(2)12-9/h4H,1-3H3. The predicted octanol–water partition coefficient (Wildman–Crippen LogP) is 2.24. The van der Waals surface area contributed by atoms with Crippen LogP contribution < -0.4 is 0 Å². The Bertz CT molecular complexity index is 473. The van der Waals surface area contributed by atoms with Crippen molar-refractivity contribution in [1.82, 2.24) is 14.5 Å². The van der Waals surface area contributed by atoms with Crippen LogP contribution in [0.25, 0.3) is 11.0 Å². The molecule has 0 radical (unpaired) electrons. The first-order chi connectivity index (χ1) is 6.09. The zero-order chi connectivity index (χ0) is 9.59. The van der Waals surface area contributed by atoms with E-state index in [1.54, 1.807) is 0 Å². The van der Waals surface area contributed by atoms with Crippen molar-refractivity contribution < 1.29 is 0 Å². The first kappa shape index (κ1) is 8.51. The molecule has 0 atom stereocenters. The third-order valence-electron chi connectivity index (χ3n) is 2.07. The van der Waals surface area contributed by atoms with Crippen LogP contribution in [0.5, 0.6) is 0 Å². The second-order valence-electron chi connectivity index (χ2n) is 3.18. The Labute approximate surface area is 81.4 Å². The van der Waals surface area contributed by atoms with Gasteiger partial charge in [0.15, 0.2) is 0 Å². The lowest BCUT2D eigenvalue weighted by molar-refractivity contribution is 0.929. The van der Waals surface area contributed by atoms with Gasteiger partial charge in [0.05, 0.1) is 5.39 Å². The molecule has 0 N–H and O–H groups in total. The molecule has 0 spiro atoms. The molecule has 0 saturated carbocycles. The predicted molar refractivity (Wildman–Crippen MR) is 53.0 cm³/mol. The summed E-state index contributed by atoms with van der Waals surface area (Å²) < 4.78 is 1.96. The van der Waals surface area contributed by atoms with E-state index in [-0.39, 0.29) is 0 Å². The van der Waals surface area contributed by atoms with Crippen molar-refractivity contribution in [3.8, 4) is 0 Å². The fourth-order valence-electron chi connectivity index (χ4n) is 1.53. The maximum absolute atomic E-state index is 6.02. The maximum Gasteiger partial charge on any atom is 0.145 e. The minimum atomic E-state index is 0.542. The quantitative estimate of drug-likeness (QED) is 0.604. The molecule has 0 fully saturated rings. The molecule has 3 nitrogen and oxygen atoms in total. The van der Waals surface area contributed by atoms with Gasteiger partial charge in [-0.3, -0.25) is 0 Å². The summed E-state index contributed by atoms with van der Waals surface area (Å²) in [6.45, 7) is 3.85. The number of fused-ring (bicyclic) bond motifs is 1. The highest BCUT2D eigenvalue weighted by atomic mass is 35.5. The van der Waals surface area contributed by atoms with Gasteiger partial charge in [-0.2, -0.15) is 0 Å². The van der Waals surface area contributed by atoms with Crippen molar-refractivity contribution in [1.29, 1.82) is 0 Å². The molecule has 0 aliphatic carbocycles. The van der Waals surface area contributed by atoms with Gasteiger partial charge in [0, 0.05) is 13.2 Å². The van der Waals surface area contributed by atoms with E-state index in [9.17, 15) is 0 Å². The van der Waals surface area contributed by atoms with Gasteiger partial charge in [-0.05, 0) is 19.4 Å². The Hall–Kier alpha value is -1.09. The van der Waals surface area contributed by atoms with E-state index >= 15 is 0 Å². The Morgan fingerprint density at radius 3 is 2.69 bits per heavy atom. The Morgan fingerprint density at radius 2 is 2.00 bits per heavy atom. The Balaban J connectivity index is 2.97. The summed E-state index contributed by atoms with van der Waals surface area (Å²) in [6, 6.07) is 0. The Morgan fingerprint density at radius 1 is 1.31 bits per heavy atom. The van der Waals surface area contributed by atoms with Gasteiger partial charge in [0.1, 0.15) is 16.6 Å². The molecule has 0 aliphatic rings. The molecular formula is C9H10ClN3. The smallest absolute Gasteiger partial charge is 0.145 e. The third kappa shape index (κ3) is 1.20. The van der Waals surface area contributed by atoms with Crippen LogP contribution >= 0.6 is 11.6 Å². The van der Waals surface area contributed by atoms with Crippen LogP contribution in [0.1, 0.15) is 11.4 Å². The third-order valence-corrected chi connectivity index (χ3v) is 2.35. The van der Waals surface area contributed by atoms with Crippen molar-refractivity contribution in [2.45, 2.75) is 13.8 Å². The summed E-state index contributed by atoms with van der Waals surface area (Å²) in [4.78, 5) is 8.44. The second-order valence-corrected chi connectivity index (χ2v) is 3.54. The molecule has 2 aromatic heterocycles. The summed E-state index contributed by atoms with van der Waals surface area (Å²) in [5, 5.41) is 1.50. The molecule has 13 heavy (non-hydrogen) atoms. The van der Waals surface area contributed by atoms with E-state index in [1.807, 2.05) is 31.7 Å². The highest BCUT2D eigenvalue weighted by Crippen LogP contribution is 2.24. The molecule has 0 bridgehead atoms. The number of aromatic nitrogens is 3. The van der Waals surface area contributed by atoms with Crippen LogP contribution in [0.3, 0.4) is 0 Å². The molecule has 0 aromatic carbocycles. The van der Waals surface area contributed by atoms with Crippen LogP contribution in [-0.4, -0.2) is 14.5 Å². The summed E-state index contributed by atoms with van der Waals surface area (Å²) in [5.41, 5.74) is 2.01. The molecule has 68 valence electrons. The van der Waals surface area contributed by atoms with Gasteiger partial charge < -0.3 is 4.57 Å². The molecular weight excluding hydrogens is 186 g/mol. The SMILES string of the molecule is Cc1nc(Cl)c2c(C)cn(C)c2n1. The molecule has 4 heteroatoms. The lowest BCUT2D eigenvalue weighted by Crippen LogP contribution is -1.93. The molecule has 2 rings (SSSR count). The van der Waals surface area contributed by atoms with Gasteiger partial charge >= 0.3 is 0 Å². The fraction of sp³-hybridized carbons (Fsp3) is 0.333. The van der Waals surface area contributed by atoms with Crippen LogP contribution in [0.2, 0.25) is 5.15 Å². The van der Waals surface area contributed by atoms with E-state index in [2.05, 4.69) is 9.97 Å². The van der Waals surface area contributed by atoms with E-state index in [4.69, 9.17) is 11.6 Å². The van der Waals surface area contributed by atoms with Crippen molar-refractivity contribution in [2.24, 2.45) is 7.05 Å². The first-order valence-electron chi connectivity index (χ1n) is 4.05. The zero-order valence-electron chi connectivity index (χ0n) is 7.80. The lowest BCUT2D eigenvalue weighted by atomic mass is 10.3. The molecule has 0 amide bonds. The summed E-state index contributed by atoms with van der Waals surface area (Å²) in [5.74, 6) is 0.707. The summed E-state index contributed by atoms with van der Waals surface area (Å²) in [6.07, 6.45) is 2.00. The molecule has 2 heterocycles. The highest BCUT2D eigenvalue weighted by molar-refractivity contribution is 6.34. The fourth-order valence-corrected chi connectivity index (χ4v) is 1.89. The van der Waals surface area contributed by atoms with Crippen molar-refractivity contribution >= 4 is 22.6 Å². The Kier molecular flexibility index (Phi) is 1.77. The van der Waals surface area contributed by atoms with E-state index in [1.165, 1.54) is 0 Å². The topological polar surface area (TPSA) is 30.7 Å². The van der Waals surface area contributed by atoms with Gasteiger partial charge in [0.2, 0.25) is 0 Å². The summed E-state index contributed by atoms with van der Waals surface area (Å²) in [7, 11) is 1.96. The first-order valence-corrected chi connectivity index (χ1v) is 4.43. The maximum atomic E-state index is 6.02. The van der Waals surface area contributed by atoms with E-state index < -0.39 is 0 Å². The van der Waals surface area contributed by atoms with Gasteiger partial charge in [-0.25, -0.2) is 9.97 Å². The number of rotatable bonds is 0. The minimum Gasteiger partial charge on any atom is -0.335 e. The van der Waals surface area contributed by atoms with E-state index in [0.717, 1.165) is 16.6 Å². The molecule has 0 unspecified atom stereocenters. The minimum absolute atomic E-state index is 0.542. The van der Waals surface area contributed by atoms with Crippen molar-refractivity contribution in [2.75, 3.05) is 0 Å². The average Bonchev–Trinajstić information content (AvgIpc) is 2.27. The monoisotopic (exact) mass is 195 g/mol. The van der Waals surface area contributed by atoms with E-state index in [0.29, 0.717) is 11.0 Å². The van der Waals surface area contributed by atoms with Gasteiger partial charge in [-0.1, -0.05) is 11.6 Å². The number of aryl methyl sites for hydroxylation is 3. The molecule has 0 aliphatic heterocycles. The number of halogens is 1. The van der Waals surface area contributed by atoms with Crippen LogP contribution in [-0.2, 0) is 7.05 Å². The number of nitrogens with zero attached hydrogens (tertiary/aromatic N) is 3. The number of hydrogen-bond acceptors (Lipinski definition) is 2. The average molecular weight is 196 g/mol. The van der Waals surface area contributed by atoms with Crippen LogP contribution in [0.15, 0.2) is 6.20 Å². The molecule has 2 aromatic rings. The molecule has 0 saturated heterocycles. The van der Waals surface area contributed by atoms with Crippen molar-refractivity contribution in [3.63, 3.8) is 0 Å².